The molecular weight excluding hydrogens is 321 g/mol. The summed E-state index contributed by atoms with van der Waals surface area (Å²) in [5.74, 6) is 0. The minimum atomic E-state index is -4.82. The summed E-state index contributed by atoms with van der Waals surface area (Å²) in [5, 5.41) is 7.30. The molecule has 0 spiro atoms. The van der Waals surface area contributed by atoms with E-state index in [-0.39, 0.29) is 51.4 Å². The standard InChI is InChI=1S/C9H22O7P2.K/c1-7(2)15-18(13,16-8(3)4)9(5,10)17(11,12)14-6;/h7-8,10H,1-6H3,(H,11,12);/q;+1/p-1. The monoisotopic (exact) mass is 342 g/mol. The number of rotatable bonds is 7. The molecule has 1 N–H and O–H groups in total. The molecule has 0 saturated carbocycles. The average molecular weight is 342 g/mol. The van der Waals surface area contributed by atoms with Crippen LogP contribution in [-0.2, 0) is 18.1 Å². The molecule has 0 aliphatic rings. The minimum Gasteiger partial charge on any atom is -0.774 e. The predicted molar refractivity (Wildman–Crippen MR) is 64.6 cm³/mol. The fourth-order valence-electron chi connectivity index (χ4n) is 1.10. The Kier molecular flexibility index (Phi) is 10.6. The Balaban J connectivity index is 0. The van der Waals surface area contributed by atoms with Crippen LogP contribution in [0, 0.1) is 0 Å². The molecule has 0 rings (SSSR count). The molecule has 19 heavy (non-hydrogen) atoms. The third kappa shape index (κ3) is 5.98. The normalized spacial score (nSPS) is 18.9. The van der Waals surface area contributed by atoms with E-state index in [1.807, 2.05) is 0 Å². The Labute approximate surface area is 157 Å². The molecule has 0 radical (unpaired) electrons. The Bertz CT molecular complexity index is 312. The van der Waals surface area contributed by atoms with Crippen LogP contribution in [0.1, 0.15) is 34.6 Å². The van der Waals surface area contributed by atoms with Crippen LogP contribution in [-0.4, -0.2) is 29.5 Å². The first kappa shape index (κ1) is 23.3. The van der Waals surface area contributed by atoms with Gasteiger partial charge in [0.1, 0.15) is 0 Å². The smallest absolute Gasteiger partial charge is 0.774 e. The van der Waals surface area contributed by atoms with Crippen molar-refractivity contribution in [2.24, 2.45) is 0 Å². The maximum Gasteiger partial charge on any atom is 1.00 e. The first-order chi connectivity index (χ1) is 7.89. The van der Waals surface area contributed by atoms with E-state index in [1.165, 1.54) is 0 Å². The fourth-order valence-corrected chi connectivity index (χ4v) is 4.74. The van der Waals surface area contributed by atoms with Crippen molar-refractivity contribution in [3.05, 3.63) is 0 Å². The molecule has 110 valence electrons. The van der Waals surface area contributed by atoms with Crippen LogP contribution < -0.4 is 61.2 Å². The van der Waals surface area contributed by atoms with E-state index in [1.54, 1.807) is 27.7 Å². The van der Waals surface area contributed by atoms with E-state index in [9.17, 15) is 19.5 Å². The molecule has 0 heterocycles. The molecule has 0 aromatic heterocycles. The summed E-state index contributed by atoms with van der Waals surface area (Å²) in [6, 6.07) is 0. The summed E-state index contributed by atoms with van der Waals surface area (Å²) in [6.45, 7) is 7.05. The van der Waals surface area contributed by atoms with Gasteiger partial charge in [-0.2, -0.15) is 0 Å². The van der Waals surface area contributed by atoms with Gasteiger partial charge in [0.05, 0.1) is 12.2 Å². The van der Waals surface area contributed by atoms with Gasteiger partial charge in [0, 0.05) is 14.0 Å². The fraction of sp³-hybridized carbons (Fsp3) is 1.00. The molecule has 2 atom stereocenters. The second kappa shape index (κ2) is 8.63. The van der Waals surface area contributed by atoms with Crippen molar-refractivity contribution in [1.82, 2.24) is 0 Å². The first-order valence-electron chi connectivity index (χ1n) is 5.46. The first-order valence-corrected chi connectivity index (χ1v) is 8.54. The summed E-state index contributed by atoms with van der Waals surface area (Å²) in [7, 11) is -8.26. The SMILES string of the molecule is COP(=O)([O-])C(C)(O)[P+]([O-])(OC(C)C)OC(C)C.[K+]. The summed E-state index contributed by atoms with van der Waals surface area (Å²) in [6.07, 6.45) is -1.17. The van der Waals surface area contributed by atoms with Crippen molar-refractivity contribution in [2.75, 3.05) is 7.11 Å². The maximum atomic E-state index is 12.5. The van der Waals surface area contributed by atoms with Crippen molar-refractivity contribution >= 4 is 15.5 Å². The van der Waals surface area contributed by atoms with Gasteiger partial charge in [-0.3, -0.25) is 0 Å². The van der Waals surface area contributed by atoms with Crippen LogP contribution >= 0.6 is 15.5 Å². The summed E-state index contributed by atoms with van der Waals surface area (Å²) >= 11 is 0. The third-order valence-corrected chi connectivity index (χ3v) is 7.40. The van der Waals surface area contributed by atoms with Crippen LogP contribution in [0.25, 0.3) is 0 Å². The molecule has 10 heteroatoms. The maximum absolute atomic E-state index is 12.5. The topological polar surface area (TPSA) is 111 Å². The Hall–Kier alpha value is 2.06. The number of hydrogen-bond acceptors (Lipinski definition) is 7. The molecule has 2 unspecified atom stereocenters. The molecule has 0 aliphatic carbocycles. The molecule has 0 aliphatic heterocycles. The van der Waals surface area contributed by atoms with E-state index in [4.69, 9.17) is 9.05 Å². The van der Waals surface area contributed by atoms with E-state index in [0.29, 0.717) is 0 Å². The Morgan fingerprint density at radius 3 is 1.74 bits per heavy atom. The van der Waals surface area contributed by atoms with Gasteiger partial charge in [-0.25, -0.2) is 9.05 Å². The van der Waals surface area contributed by atoms with Crippen LogP contribution in [0.15, 0.2) is 0 Å². The second-order valence-electron chi connectivity index (χ2n) is 4.46. The Morgan fingerprint density at radius 2 is 1.53 bits per heavy atom. The van der Waals surface area contributed by atoms with Crippen molar-refractivity contribution < 1.29 is 84.4 Å². The molecular formula is C9H21KO7P2. The zero-order valence-electron chi connectivity index (χ0n) is 12.4. The van der Waals surface area contributed by atoms with Crippen molar-refractivity contribution in [3.63, 3.8) is 0 Å². The van der Waals surface area contributed by atoms with Gasteiger partial charge in [0.25, 0.3) is 13.0 Å². The summed E-state index contributed by atoms with van der Waals surface area (Å²) < 4.78 is 25.9. The largest absolute Gasteiger partial charge is 1.00 e. The zero-order valence-corrected chi connectivity index (χ0v) is 17.4. The summed E-state index contributed by atoms with van der Waals surface area (Å²) in [5.41, 5.74) is 0. The summed E-state index contributed by atoms with van der Waals surface area (Å²) in [4.78, 5) is 24.2. The quantitative estimate of drug-likeness (QED) is 0.414. The van der Waals surface area contributed by atoms with Gasteiger partial charge < -0.3 is 24.0 Å². The van der Waals surface area contributed by atoms with Crippen LogP contribution in [0.5, 0.6) is 0 Å². The molecule has 0 aromatic carbocycles. The van der Waals surface area contributed by atoms with Gasteiger partial charge in [-0.1, -0.05) is 0 Å². The van der Waals surface area contributed by atoms with Crippen molar-refractivity contribution in [3.8, 4) is 0 Å². The van der Waals surface area contributed by atoms with Gasteiger partial charge in [0.15, 0.2) is 0 Å². The van der Waals surface area contributed by atoms with Gasteiger partial charge in [0.2, 0.25) is 7.60 Å². The Morgan fingerprint density at radius 1 is 1.21 bits per heavy atom. The second-order valence-corrected chi connectivity index (χ2v) is 9.33. The van der Waals surface area contributed by atoms with E-state index < -0.39 is 32.8 Å². The predicted octanol–water partition coefficient (Wildman–Crippen LogP) is -2.17. The number of aliphatic hydroxyl groups is 1. The van der Waals surface area contributed by atoms with E-state index in [0.717, 1.165) is 14.0 Å². The van der Waals surface area contributed by atoms with Crippen molar-refractivity contribution in [2.45, 2.75) is 51.9 Å². The molecule has 0 amide bonds. The zero-order chi connectivity index (χ0) is 14.8. The minimum absolute atomic E-state index is 0. The molecule has 0 saturated heterocycles. The van der Waals surface area contributed by atoms with Gasteiger partial charge >= 0.3 is 51.4 Å². The third-order valence-electron chi connectivity index (χ3n) is 1.98. The molecule has 0 aromatic rings. The number of hydrogen-bond donors (Lipinski definition) is 1. The van der Waals surface area contributed by atoms with E-state index in [2.05, 4.69) is 4.52 Å². The van der Waals surface area contributed by atoms with Crippen LogP contribution in [0.4, 0.5) is 0 Å². The van der Waals surface area contributed by atoms with Gasteiger partial charge in [-0.05, 0) is 27.7 Å². The molecule has 7 nitrogen and oxygen atoms in total. The van der Waals surface area contributed by atoms with Crippen LogP contribution in [0.3, 0.4) is 0 Å². The van der Waals surface area contributed by atoms with Crippen LogP contribution in [0.2, 0.25) is 0 Å². The van der Waals surface area contributed by atoms with E-state index >= 15 is 0 Å². The molecule has 0 fully saturated rings. The average Bonchev–Trinajstić information content (AvgIpc) is 2.14. The van der Waals surface area contributed by atoms with Gasteiger partial charge in [-0.15, -0.1) is 0 Å². The van der Waals surface area contributed by atoms with Crippen molar-refractivity contribution in [1.29, 1.82) is 0 Å². The molecule has 0 bridgehead atoms.